The van der Waals surface area contributed by atoms with Crippen molar-refractivity contribution in [3.8, 4) is 12.1 Å². The fourth-order valence-electron chi connectivity index (χ4n) is 0.448. The summed E-state index contributed by atoms with van der Waals surface area (Å²) < 4.78 is 11.3. The maximum atomic E-state index is 11.3. The molecule has 43 valence electrons. The summed E-state index contributed by atoms with van der Waals surface area (Å²) in [4.78, 5) is 3.61. The monoisotopic (exact) mass is 120 g/mol. The van der Waals surface area contributed by atoms with Crippen molar-refractivity contribution in [1.29, 1.82) is 0 Å². The molecule has 0 saturated carbocycles. The first-order valence-corrected chi connectivity index (χ1v) is 2.37. The van der Waals surface area contributed by atoms with Crippen molar-refractivity contribution in [3.63, 3.8) is 0 Å². The van der Waals surface area contributed by atoms with E-state index in [1.807, 2.05) is 0 Å². The highest BCUT2D eigenvalue weighted by Crippen LogP contribution is 1.89. The molecule has 0 aliphatic rings. The molecule has 0 aliphatic carbocycles. The molecule has 0 aliphatic heterocycles. The summed E-state index contributed by atoms with van der Waals surface area (Å²) in [6.45, 7) is 0. The largest absolute Gasteiger partial charge is 0.253 e. The van der Waals surface area contributed by atoms with Crippen LogP contribution in [0.1, 0.15) is 5.56 Å². The summed E-state index contributed by atoms with van der Waals surface area (Å²) in [5.74, 6) is 2.21. The SMILES string of the molecule is FC#Cc1cc[c]nc1. The molecule has 1 aromatic heterocycles. The molecule has 1 rings (SSSR count). The van der Waals surface area contributed by atoms with Gasteiger partial charge in [-0.1, -0.05) is 0 Å². The first kappa shape index (κ1) is 5.77. The number of hydrogen-bond acceptors (Lipinski definition) is 1. The van der Waals surface area contributed by atoms with E-state index < -0.39 is 0 Å². The van der Waals surface area contributed by atoms with E-state index in [0.29, 0.717) is 5.56 Å². The molecule has 0 unspecified atom stereocenters. The van der Waals surface area contributed by atoms with Crippen LogP contribution in [0.15, 0.2) is 18.3 Å². The molecule has 0 amide bonds. The van der Waals surface area contributed by atoms with Gasteiger partial charge in [-0.2, -0.15) is 0 Å². The van der Waals surface area contributed by atoms with Crippen molar-refractivity contribution < 1.29 is 4.39 Å². The Morgan fingerprint density at radius 1 is 1.67 bits per heavy atom. The second kappa shape index (κ2) is 2.83. The molecular weight excluding hydrogens is 117 g/mol. The van der Waals surface area contributed by atoms with Crippen molar-refractivity contribution in [3.05, 3.63) is 30.1 Å². The molecule has 9 heavy (non-hydrogen) atoms. The van der Waals surface area contributed by atoms with Crippen LogP contribution >= 0.6 is 0 Å². The second-order valence-electron chi connectivity index (χ2n) is 1.40. The zero-order chi connectivity index (χ0) is 6.53. The lowest BCUT2D eigenvalue weighted by Crippen LogP contribution is -1.73. The van der Waals surface area contributed by atoms with Gasteiger partial charge in [-0.25, -0.2) is 0 Å². The minimum Gasteiger partial charge on any atom is -0.253 e. The summed E-state index contributed by atoms with van der Waals surface area (Å²) >= 11 is 0. The average Bonchev–Trinajstić information content (AvgIpc) is 1.91. The Kier molecular flexibility index (Phi) is 1.81. The molecule has 0 fully saturated rings. The van der Waals surface area contributed by atoms with Gasteiger partial charge in [0.25, 0.3) is 0 Å². The third-order valence-corrected chi connectivity index (χ3v) is 0.807. The predicted octanol–water partition coefficient (Wildman–Crippen LogP) is 1.16. The van der Waals surface area contributed by atoms with E-state index in [4.69, 9.17) is 0 Å². The lowest BCUT2D eigenvalue weighted by molar-refractivity contribution is 0.773. The highest BCUT2D eigenvalue weighted by atomic mass is 19.1. The molecule has 0 N–H and O–H groups in total. The van der Waals surface area contributed by atoms with E-state index in [-0.39, 0.29) is 0 Å². The summed E-state index contributed by atoms with van der Waals surface area (Å²) in [5, 5.41) is 0. The van der Waals surface area contributed by atoms with E-state index in [2.05, 4.69) is 17.1 Å². The highest BCUT2D eigenvalue weighted by Gasteiger charge is 1.80. The predicted molar refractivity (Wildman–Crippen MR) is 31.1 cm³/mol. The number of hydrogen-bond donors (Lipinski definition) is 0. The Hall–Kier alpha value is -1.36. The molecule has 1 aromatic rings. The van der Waals surface area contributed by atoms with Crippen molar-refractivity contribution in [2.45, 2.75) is 0 Å². The summed E-state index contributed by atoms with van der Waals surface area (Å²) in [5.41, 5.74) is 0.566. The van der Waals surface area contributed by atoms with Gasteiger partial charge in [0.05, 0.1) is 6.20 Å². The van der Waals surface area contributed by atoms with Crippen molar-refractivity contribution in [2.75, 3.05) is 0 Å². The Morgan fingerprint density at radius 3 is 3.11 bits per heavy atom. The fourth-order valence-corrected chi connectivity index (χ4v) is 0.448. The molecule has 0 aromatic carbocycles. The molecular formula is C7H3FN. The van der Waals surface area contributed by atoms with E-state index in [0.717, 1.165) is 0 Å². The number of aromatic nitrogens is 1. The molecule has 0 atom stereocenters. The number of nitrogens with zero attached hydrogens (tertiary/aromatic N) is 1. The third-order valence-electron chi connectivity index (χ3n) is 0.807. The number of halogens is 1. The van der Waals surface area contributed by atoms with Crippen LogP contribution in [0.5, 0.6) is 0 Å². The van der Waals surface area contributed by atoms with Crippen LogP contribution in [-0.4, -0.2) is 4.98 Å². The van der Waals surface area contributed by atoms with Crippen LogP contribution in [0.4, 0.5) is 4.39 Å². The van der Waals surface area contributed by atoms with Gasteiger partial charge < -0.3 is 0 Å². The second-order valence-corrected chi connectivity index (χ2v) is 1.40. The third kappa shape index (κ3) is 1.54. The van der Waals surface area contributed by atoms with Crippen molar-refractivity contribution >= 4 is 0 Å². The molecule has 1 heterocycles. The zero-order valence-corrected chi connectivity index (χ0v) is 4.56. The van der Waals surface area contributed by atoms with Crippen molar-refractivity contribution in [2.24, 2.45) is 0 Å². The van der Waals surface area contributed by atoms with E-state index in [9.17, 15) is 4.39 Å². The maximum absolute atomic E-state index is 11.3. The molecule has 0 saturated heterocycles. The fraction of sp³-hybridized carbons (Fsp3) is 0. The van der Waals surface area contributed by atoms with Gasteiger partial charge >= 0.3 is 0 Å². The van der Waals surface area contributed by atoms with Crippen LogP contribution in [0.2, 0.25) is 0 Å². The molecule has 0 bridgehead atoms. The Labute approximate surface area is 52.5 Å². The Bertz CT molecular complexity index is 232. The van der Waals surface area contributed by atoms with E-state index in [1.54, 1.807) is 12.1 Å². The van der Waals surface area contributed by atoms with Gasteiger partial charge in [0.1, 0.15) is 6.17 Å². The van der Waals surface area contributed by atoms with Crippen LogP contribution in [0, 0.1) is 18.3 Å². The Morgan fingerprint density at radius 2 is 2.56 bits per heavy atom. The summed E-state index contributed by atoms with van der Waals surface area (Å²) in [6, 6.07) is 3.22. The van der Waals surface area contributed by atoms with Gasteiger partial charge in [-0.05, 0) is 18.1 Å². The topological polar surface area (TPSA) is 12.9 Å². The lowest BCUT2D eigenvalue weighted by atomic mass is 10.3. The van der Waals surface area contributed by atoms with E-state index in [1.165, 1.54) is 12.4 Å². The lowest BCUT2D eigenvalue weighted by Gasteiger charge is -1.81. The zero-order valence-electron chi connectivity index (χ0n) is 4.56. The smallest absolute Gasteiger partial charge is 0.111 e. The van der Waals surface area contributed by atoms with Gasteiger partial charge in [0.2, 0.25) is 0 Å². The molecule has 1 radical (unpaired) electrons. The quantitative estimate of drug-likeness (QED) is 0.468. The summed E-state index contributed by atoms with van der Waals surface area (Å²) in [6.07, 6.45) is 5.28. The van der Waals surface area contributed by atoms with Crippen LogP contribution < -0.4 is 0 Å². The normalized spacial score (nSPS) is 7.67. The van der Waals surface area contributed by atoms with Crippen LogP contribution in [0.3, 0.4) is 0 Å². The average molecular weight is 120 g/mol. The standard InChI is InChI=1S/C7H3FN/c8-4-3-7-2-1-5-9-6-7/h1-2,6H. The first-order valence-electron chi connectivity index (χ1n) is 2.37. The van der Waals surface area contributed by atoms with Gasteiger partial charge in [-0.15, -0.1) is 4.39 Å². The molecule has 1 nitrogen and oxygen atoms in total. The van der Waals surface area contributed by atoms with Gasteiger partial charge in [0, 0.05) is 11.8 Å². The van der Waals surface area contributed by atoms with Gasteiger partial charge in [0.15, 0.2) is 0 Å². The van der Waals surface area contributed by atoms with Crippen molar-refractivity contribution in [1.82, 2.24) is 4.98 Å². The maximum Gasteiger partial charge on any atom is 0.111 e. The van der Waals surface area contributed by atoms with Crippen LogP contribution in [-0.2, 0) is 0 Å². The number of rotatable bonds is 0. The minimum absolute atomic E-state index is 0.566. The number of pyridine rings is 1. The highest BCUT2D eigenvalue weighted by molar-refractivity contribution is 5.28. The van der Waals surface area contributed by atoms with Crippen LogP contribution in [0.25, 0.3) is 0 Å². The minimum atomic E-state index is 0.566. The molecule has 0 spiro atoms. The van der Waals surface area contributed by atoms with Gasteiger partial charge in [-0.3, -0.25) is 4.98 Å². The van der Waals surface area contributed by atoms with E-state index >= 15 is 0 Å². The summed E-state index contributed by atoms with van der Waals surface area (Å²) in [7, 11) is 0. The molecule has 2 heteroatoms. The Balaban J connectivity index is 2.94. The first-order chi connectivity index (χ1) is 4.43.